The van der Waals surface area contributed by atoms with Crippen LogP contribution >= 0.6 is 0 Å². The fraction of sp³-hybridized carbons (Fsp3) is 0.636. The molecule has 0 unspecified atom stereocenters. The molecular formula is C22H33NO4. The summed E-state index contributed by atoms with van der Waals surface area (Å²) in [5.74, 6) is -0.463. The molecule has 0 saturated heterocycles. The van der Waals surface area contributed by atoms with Crippen LogP contribution in [0.15, 0.2) is 24.3 Å². The molecule has 2 rings (SSSR count). The maximum absolute atomic E-state index is 12.2. The Labute approximate surface area is 163 Å². The van der Waals surface area contributed by atoms with Crippen LogP contribution in [0.5, 0.6) is 0 Å². The van der Waals surface area contributed by atoms with Crippen molar-refractivity contribution in [1.82, 2.24) is 4.90 Å². The minimum Gasteiger partial charge on any atom is -0.379 e. The van der Waals surface area contributed by atoms with Crippen LogP contribution in [0.4, 0.5) is 0 Å². The molecule has 2 amide bonds. The van der Waals surface area contributed by atoms with Gasteiger partial charge in [0, 0.05) is 6.61 Å². The Morgan fingerprint density at radius 3 is 1.81 bits per heavy atom. The molecule has 1 aromatic carbocycles. The Hall–Kier alpha value is -1.72. The molecule has 0 spiro atoms. The lowest BCUT2D eigenvalue weighted by Crippen LogP contribution is -2.33. The molecule has 0 N–H and O–H groups in total. The molecule has 0 bridgehead atoms. The normalized spacial score (nSPS) is 13.4. The molecule has 1 heterocycles. The number of nitrogens with zero attached hydrogens (tertiary/aromatic N) is 1. The van der Waals surface area contributed by atoms with Gasteiger partial charge in [0.25, 0.3) is 11.8 Å². The van der Waals surface area contributed by atoms with Gasteiger partial charge in [-0.05, 0) is 18.6 Å². The number of carbonyl (C=O) groups excluding carboxylic acids is 2. The molecule has 0 radical (unpaired) electrons. The zero-order valence-electron chi connectivity index (χ0n) is 16.6. The van der Waals surface area contributed by atoms with E-state index in [1.54, 1.807) is 24.3 Å². The number of unbranched alkanes of at least 4 members (excludes halogenated alkanes) is 7. The van der Waals surface area contributed by atoms with Crippen LogP contribution < -0.4 is 0 Å². The van der Waals surface area contributed by atoms with Gasteiger partial charge in [-0.1, -0.05) is 64.0 Å². The fourth-order valence-corrected chi connectivity index (χ4v) is 3.26. The fourth-order valence-electron chi connectivity index (χ4n) is 3.26. The van der Waals surface area contributed by atoms with E-state index in [1.165, 1.54) is 49.8 Å². The molecule has 5 nitrogen and oxygen atoms in total. The number of rotatable bonds is 15. The summed E-state index contributed by atoms with van der Waals surface area (Å²) in [6.45, 7) is 4.68. The Balaban J connectivity index is 1.43. The lowest BCUT2D eigenvalue weighted by Gasteiger charge is -2.13. The maximum Gasteiger partial charge on any atom is 0.261 e. The molecule has 0 fully saturated rings. The van der Waals surface area contributed by atoms with Gasteiger partial charge in [0.2, 0.25) is 0 Å². The topological polar surface area (TPSA) is 55.8 Å². The Bertz CT molecular complexity index is 552. The smallest absolute Gasteiger partial charge is 0.261 e. The molecule has 1 aromatic rings. The van der Waals surface area contributed by atoms with Crippen molar-refractivity contribution in [2.75, 3.05) is 33.0 Å². The van der Waals surface area contributed by atoms with Crippen LogP contribution in [-0.4, -0.2) is 49.7 Å². The van der Waals surface area contributed by atoms with E-state index in [-0.39, 0.29) is 18.4 Å². The predicted molar refractivity (Wildman–Crippen MR) is 106 cm³/mol. The summed E-state index contributed by atoms with van der Waals surface area (Å²) >= 11 is 0. The van der Waals surface area contributed by atoms with Crippen LogP contribution in [0.2, 0.25) is 0 Å². The first-order chi connectivity index (χ1) is 13.3. The van der Waals surface area contributed by atoms with E-state index in [0.29, 0.717) is 30.9 Å². The number of hydrogen-bond donors (Lipinski definition) is 0. The van der Waals surface area contributed by atoms with Crippen molar-refractivity contribution in [2.24, 2.45) is 0 Å². The van der Waals surface area contributed by atoms with E-state index < -0.39 is 0 Å². The van der Waals surface area contributed by atoms with Crippen molar-refractivity contribution in [3.8, 4) is 0 Å². The molecule has 0 saturated carbocycles. The summed E-state index contributed by atoms with van der Waals surface area (Å²) in [5, 5.41) is 0. The number of benzene rings is 1. The lowest BCUT2D eigenvalue weighted by atomic mass is 10.1. The molecule has 0 aliphatic carbocycles. The molecular weight excluding hydrogens is 342 g/mol. The highest BCUT2D eigenvalue weighted by Crippen LogP contribution is 2.21. The van der Waals surface area contributed by atoms with Crippen molar-refractivity contribution in [1.29, 1.82) is 0 Å². The molecule has 0 atom stereocenters. The third-order valence-corrected chi connectivity index (χ3v) is 4.85. The number of amides is 2. The largest absolute Gasteiger partial charge is 0.379 e. The molecule has 27 heavy (non-hydrogen) atoms. The highest BCUT2D eigenvalue weighted by atomic mass is 16.5. The van der Waals surface area contributed by atoms with Gasteiger partial charge in [-0.2, -0.15) is 0 Å². The quantitative estimate of drug-likeness (QED) is 0.335. The number of imide groups is 1. The maximum atomic E-state index is 12.2. The van der Waals surface area contributed by atoms with Crippen LogP contribution in [-0.2, 0) is 9.47 Å². The summed E-state index contributed by atoms with van der Waals surface area (Å²) in [7, 11) is 0. The van der Waals surface area contributed by atoms with E-state index in [0.717, 1.165) is 13.0 Å². The molecule has 0 aromatic heterocycles. The van der Waals surface area contributed by atoms with Gasteiger partial charge < -0.3 is 9.47 Å². The second-order valence-electron chi connectivity index (χ2n) is 7.01. The van der Waals surface area contributed by atoms with Crippen molar-refractivity contribution < 1.29 is 19.1 Å². The second kappa shape index (κ2) is 12.6. The van der Waals surface area contributed by atoms with Gasteiger partial charge >= 0.3 is 0 Å². The van der Waals surface area contributed by atoms with Crippen LogP contribution in [0, 0.1) is 0 Å². The summed E-state index contributed by atoms with van der Waals surface area (Å²) in [6.07, 6.45) is 10.3. The summed E-state index contributed by atoms with van der Waals surface area (Å²) in [4.78, 5) is 25.6. The average Bonchev–Trinajstić information content (AvgIpc) is 2.93. The number of carbonyl (C=O) groups is 2. The Kier molecular flexibility index (Phi) is 10.1. The van der Waals surface area contributed by atoms with Gasteiger partial charge in [0.1, 0.15) is 0 Å². The summed E-state index contributed by atoms with van der Waals surface area (Å²) in [6, 6.07) is 6.92. The molecule has 150 valence electrons. The van der Waals surface area contributed by atoms with Crippen molar-refractivity contribution in [2.45, 2.75) is 58.3 Å². The molecule has 1 aliphatic heterocycles. The highest BCUT2D eigenvalue weighted by Gasteiger charge is 2.34. The van der Waals surface area contributed by atoms with E-state index in [1.807, 2.05) is 0 Å². The third kappa shape index (κ3) is 7.07. The first kappa shape index (κ1) is 21.6. The van der Waals surface area contributed by atoms with Crippen molar-refractivity contribution in [3.63, 3.8) is 0 Å². The number of ether oxygens (including phenoxy) is 2. The number of fused-ring (bicyclic) bond motifs is 1. The Morgan fingerprint density at radius 2 is 1.22 bits per heavy atom. The zero-order chi connectivity index (χ0) is 19.3. The van der Waals surface area contributed by atoms with Crippen LogP contribution in [0.25, 0.3) is 0 Å². The van der Waals surface area contributed by atoms with Gasteiger partial charge in [0.15, 0.2) is 0 Å². The molecule has 1 aliphatic rings. The predicted octanol–water partition coefficient (Wildman–Crippen LogP) is 4.46. The van der Waals surface area contributed by atoms with Gasteiger partial charge in [-0.15, -0.1) is 0 Å². The third-order valence-electron chi connectivity index (χ3n) is 4.85. The van der Waals surface area contributed by atoms with Gasteiger partial charge in [-0.3, -0.25) is 14.5 Å². The summed E-state index contributed by atoms with van der Waals surface area (Å²) in [5.41, 5.74) is 0.965. The van der Waals surface area contributed by atoms with Crippen molar-refractivity contribution in [3.05, 3.63) is 35.4 Å². The lowest BCUT2D eigenvalue weighted by molar-refractivity contribution is 0.0346. The van der Waals surface area contributed by atoms with Gasteiger partial charge in [0.05, 0.1) is 37.5 Å². The van der Waals surface area contributed by atoms with Crippen LogP contribution in [0.1, 0.15) is 79.0 Å². The average molecular weight is 376 g/mol. The van der Waals surface area contributed by atoms with E-state index in [4.69, 9.17) is 9.47 Å². The monoisotopic (exact) mass is 375 g/mol. The summed E-state index contributed by atoms with van der Waals surface area (Å²) < 4.78 is 11.1. The first-order valence-electron chi connectivity index (χ1n) is 10.4. The Morgan fingerprint density at radius 1 is 0.704 bits per heavy atom. The van der Waals surface area contributed by atoms with E-state index >= 15 is 0 Å². The van der Waals surface area contributed by atoms with E-state index in [2.05, 4.69) is 6.92 Å². The minimum atomic E-state index is -0.231. The van der Waals surface area contributed by atoms with Gasteiger partial charge in [-0.25, -0.2) is 0 Å². The SMILES string of the molecule is CCCCCCCCCCOCCOCCN1C(=O)c2ccccc2C1=O. The second-order valence-corrected chi connectivity index (χ2v) is 7.01. The highest BCUT2D eigenvalue weighted by molar-refractivity contribution is 6.21. The van der Waals surface area contributed by atoms with E-state index in [9.17, 15) is 9.59 Å². The van der Waals surface area contributed by atoms with Crippen molar-refractivity contribution >= 4 is 11.8 Å². The number of hydrogen-bond acceptors (Lipinski definition) is 4. The minimum absolute atomic E-state index is 0.231. The zero-order valence-corrected chi connectivity index (χ0v) is 16.6. The van der Waals surface area contributed by atoms with Crippen LogP contribution in [0.3, 0.4) is 0 Å². The first-order valence-corrected chi connectivity index (χ1v) is 10.4. The standard InChI is InChI=1S/C22H33NO4/c1-2-3-4-5-6-7-8-11-15-26-17-18-27-16-14-23-21(24)19-12-9-10-13-20(19)22(23)25/h9-10,12-13H,2-8,11,14-18H2,1H3. The molecule has 5 heteroatoms.